The number of carboxylic acids is 1. The molecule has 0 aliphatic heterocycles. The lowest BCUT2D eigenvalue weighted by molar-refractivity contribution is -0.140. The van der Waals surface area contributed by atoms with Gasteiger partial charge in [0.05, 0.1) is 23.1 Å². The van der Waals surface area contributed by atoms with E-state index in [-0.39, 0.29) is 22.8 Å². The highest BCUT2D eigenvalue weighted by atomic mass is 16.7. The van der Waals surface area contributed by atoms with Crippen LogP contribution in [-0.2, 0) is 26.3 Å². The molecule has 7 nitrogen and oxygen atoms in total. The van der Waals surface area contributed by atoms with Crippen LogP contribution in [0.4, 0.5) is 0 Å². The first kappa shape index (κ1) is 32.6. The Morgan fingerprint density at radius 3 is 2.24 bits per heavy atom. The number of aliphatic hydroxyl groups is 1. The van der Waals surface area contributed by atoms with Gasteiger partial charge in [0.1, 0.15) is 24.4 Å². The van der Waals surface area contributed by atoms with Crippen LogP contribution in [0.2, 0.25) is 0 Å². The number of hydrogen-bond acceptors (Lipinski definition) is 6. The van der Waals surface area contributed by atoms with E-state index in [9.17, 15) is 19.8 Å². The molecule has 0 aliphatic carbocycles. The maximum atomic E-state index is 11.7. The molecule has 0 radical (unpaired) electrons. The highest BCUT2D eigenvalue weighted by Gasteiger charge is 2.34. The third-order valence-electron chi connectivity index (χ3n) is 6.38. The van der Waals surface area contributed by atoms with Crippen molar-refractivity contribution in [3.05, 3.63) is 47.6 Å². The van der Waals surface area contributed by atoms with Crippen molar-refractivity contribution in [3.63, 3.8) is 0 Å². The van der Waals surface area contributed by atoms with Gasteiger partial charge in [-0.25, -0.2) is 4.79 Å². The maximum absolute atomic E-state index is 11.7. The van der Waals surface area contributed by atoms with Crippen LogP contribution in [0.15, 0.2) is 36.4 Å². The van der Waals surface area contributed by atoms with Crippen LogP contribution in [0.1, 0.15) is 79.9 Å². The second-order valence-electron chi connectivity index (χ2n) is 12.1. The topological polar surface area (TPSA) is 105 Å². The summed E-state index contributed by atoms with van der Waals surface area (Å²) in [5.41, 5.74) is 4.26. The normalized spacial score (nSPS) is 15.4. The molecule has 0 saturated carbocycles. The van der Waals surface area contributed by atoms with Crippen molar-refractivity contribution in [1.82, 2.24) is 5.48 Å². The Morgan fingerprint density at radius 2 is 1.78 bits per heavy atom. The van der Waals surface area contributed by atoms with Crippen LogP contribution in [0.25, 0.3) is 0 Å². The van der Waals surface area contributed by atoms with E-state index in [2.05, 4.69) is 64.9 Å². The van der Waals surface area contributed by atoms with Crippen molar-refractivity contribution >= 4 is 11.9 Å². The second-order valence-corrected chi connectivity index (χ2v) is 12.1. The molecule has 0 aromatic heterocycles. The van der Waals surface area contributed by atoms with E-state index >= 15 is 0 Å². The lowest BCUT2D eigenvalue weighted by atomic mass is 9.80. The van der Waals surface area contributed by atoms with Crippen LogP contribution in [0.3, 0.4) is 0 Å². The van der Waals surface area contributed by atoms with Crippen molar-refractivity contribution in [2.45, 2.75) is 98.3 Å². The first-order valence-electron chi connectivity index (χ1n) is 13.0. The van der Waals surface area contributed by atoms with Gasteiger partial charge >= 0.3 is 5.97 Å². The third-order valence-corrected chi connectivity index (χ3v) is 6.38. The summed E-state index contributed by atoms with van der Waals surface area (Å²) < 4.78 is 5.99. The Labute approximate surface area is 222 Å². The molecule has 1 aromatic rings. The van der Waals surface area contributed by atoms with Gasteiger partial charge in [-0.2, -0.15) is 5.48 Å². The number of aliphatic hydroxyl groups excluding tert-OH is 1. The number of benzene rings is 1. The summed E-state index contributed by atoms with van der Waals surface area (Å²) in [5, 5.41) is 20.5. The Morgan fingerprint density at radius 1 is 1.16 bits per heavy atom. The summed E-state index contributed by atoms with van der Waals surface area (Å²) in [7, 11) is 0. The van der Waals surface area contributed by atoms with E-state index < -0.39 is 29.6 Å². The second kappa shape index (κ2) is 13.9. The lowest BCUT2D eigenvalue weighted by Gasteiger charge is -2.33. The van der Waals surface area contributed by atoms with E-state index in [4.69, 9.17) is 9.57 Å². The number of nitrogens with one attached hydrogen (secondary N) is 1. The van der Waals surface area contributed by atoms with Gasteiger partial charge in [0, 0.05) is 0 Å². The summed E-state index contributed by atoms with van der Waals surface area (Å²) in [6.07, 6.45) is 1.48. The number of ether oxygens (including phenoxy) is 1. The average molecular weight is 518 g/mol. The molecule has 0 spiro atoms. The zero-order valence-electron chi connectivity index (χ0n) is 24.1. The smallest absolute Gasteiger partial charge is 0.311 e. The molecule has 3 N–H and O–H groups in total. The van der Waals surface area contributed by atoms with Gasteiger partial charge in [-0.1, -0.05) is 59.4 Å². The summed E-state index contributed by atoms with van der Waals surface area (Å²) in [6.45, 7) is 21.8. The highest BCUT2D eigenvalue weighted by Crippen LogP contribution is 2.34. The summed E-state index contributed by atoms with van der Waals surface area (Å²) in [4.78, 5) is 29.0. The summed E-state index contributed by atoms with van der Waals surface area (Å²) in [6, 6.07) is 5.55. The Hall–Kier alpha value is -2.44. The van der Waals surface area contributed by atoms with Crippen LogP contribution in [-0.4, -0.2) is 46.5 Å². The molecule has 0 heterocycles. The molecular weight excluding hydrogens is 470 g/mol. The molecule has 0 saturated heterocycles. The minimum atomic E-state index is -1.37. The fraction of sp³-hybridized carbons (Fsp3) is 0.633. The summed E-state index contributed by atoms with van der Waals surface area (Å²) in [5.74, 6) is 0.440. The zero-order valence-corrected chi connectivity index (χ0v) is 24.1. The Bertz CT molecular complexity index is 950. The zero-order chi connectivity index (χ0) is 28.6. The van der Waals surface area contributed by atoms with Gasteiger partial charge in [0.2, 0.25) is 0 Å². The molecule has 4 atom stereocenters. The predicted octanol–water partition coefficient (Wildman–Crippen LogP) is 5.28. The van der Waals surface area contributed by atoms with Gasteiger partial charge in [0.25, 0.3) is 0 Å². The van der Waals surface area contributed by atoms with Crippen molar-refractivity contribution in [1.29, 1.82) is 0 Å². The largest absolute Gasteiger partial charge is 0.489 e. The molecular formula is C30H47NO6. The van der Waals surface area contributed by atoms with Gasteiger partial charge < -0.3 is 14.9 Å². The van der Waals surface area contributed by atoms with Crippen LogP contribution >= 0.6 is 0 Å². The summed E-state index contributed by atoms with van der Waals surface area (Å²) >= 11 is 0. The van der Waals surface area contributed by atoms with Gasteiger partial charge in [-0.3, -0.25) is 9.63 Å². The monoisotopic (exact) mass is 517 g/mol. The molecule has 0 bridgehead atoms. The molecule has 1 rings (SSSR count). The van der Waals surface area contributed by atoms with E-state index in [0.29, 0.717) is 19.4 Å². The van der Waals surface area contributed by atoms with E-state index in [1.54, 1.807) is 12.0 Å². The van der Waals surface area contributed by atoms with Crippen molar-refractivity contribution in [2.24, 2.45) is 17.8 Å². The number of hydrogen-bond donors (Lipinski definition) is 3. The number of carbonyl (C=O) groups is 1. The Kier molecular flexibility index (Phi) is 12.3. The van der Waals surface area contributed by atoms with Crippen LogP contribution < -0.4 is 10.2 Å². The third kappa shape index (κ3) is 10.4. The first-order chi connectivity index (χ1) is 17.0. The average Bonchev–Trinajstić information content (AvgIpc) is 2.78. The van der Waals surface area contributed by atoms with E-state index in [0.717, 1.165) is 16.9 Å². The lowest BCUT2D eigenvalue weighted by Crippen LogP contribution is -2.47. The van der Waals surface area contributed by atoms with E-state index in [1.165, 1.54) is 6.92 Å². The minimum Gasteiger partial charge on any atom is -0.489 e. The van der Waals surface area contributed by atoms with Gasteiger partial charge in [0.15, 0.2) is 0 Å². The SMILES string of the molecule is C=CCOc1cc(C[C@@H](C[C@H](NOC(C)(C)C)[C@@H](O)C(=C=O)[C@@H](C)C(=O)O)C(C)C)ccc1C(C)(C)C. The number of aliphatic carboxylic acids is 1. The standard InChI is InChI=1S/C30H47NO6/c1-11-14-36-26-16-21(12-13-24(26)29(5,6)7)15-22(19(2)3)17-25(31-37-30(8,9)10)27(33)23(18-32)20(4)28(34)35/h11-13,16,19-20,22,25,27,31,33H,1,14-15,17H2,2-10H3,(H,34,35)/t20-,22+,25+,27+/m1/s1. The number of carbonyl (C=O) groups excluding carboxylic acids is 1. The minimum absolute atomic E-state index is 0.0801. The maximum Gasteiger partial charge on any atom is 0.311 e. The Balaban J connectivity index is 3.33. The molecule has 0 unspecified atom stereocenters. The molecule has 0 aliphatic rings. The molecule has 1 aromatic carbocycles. The predicted molar refractivity (Wildman–Crippen MR) is 147 cm³/mol. The van der Waals surface area contributed by atoms with Crippen molar-refractivity contribution < 1.29 is 29.4 Å². The number of rotatable bonds is 14. The first-order valence-corrected chi connectivity index (χ1v) is 13.0. The van der Waals surface area contributed by atoms with Crippen LogP contribution in [0, 0.1) is 17.8 Å². The molecule has 0 fully saturated rings. The molecule has 37 heavy (non-hydrogen) atoms. The molecule has 7 heteroatoms. The number of carboxylic acid groups (broad SMARTS) is 1. The fourth-order valence-corrected chi connectivity index (χ4v) is 4.05. The number of hydroxylamine groups is 1. The van der Waals surface area contributed by atoms with Crippen molar-refractivity contribution in [2.75, 3.05) is 6.61 Å². The highest BCUT2D eigenvalue weighted by molar-refractivity contribution is 5.77. The van der Waals surface area contributed by atoms with Gasteiger partial charge in [-0.15, -0.1) is 0 Å². The quantitative estimate of drug-likeness (QED) is 0.175. The van der Waals surface area contributed by atoms with Gasteiger partial charge in [-0.05, 0) is 75.0 Å². The van der Waals surface area contributed by atoms with E-state index in [1.807, 2.05) is 20.8 Å². The molecule has 0 amide bonds. The fourth-order valence-electron chi connectivity index (χ4n) is 4.05. The van der Waals surface area contributed by atoms with Crippen LogP contribution in [0.5, 0.6) is 5.75 Å². The van der Waals surface area contributed by atoms with Crippen molar-refractivity contribution in [3.8, 4) is 5.75 Å². The molecule has 208 valence electrons.